The lowest BCUT2D eigenvalue weighted by Gasteiger charge is -2.44. The lowest BCUT2D eigenvalue weighted by Crippen LogP contribution is -2.55. The highest BCUT2D eigenvalue weighted by Crippen LogP contribution is 2.36. The van der Waals surface area contributed by atoms with Gasteiger partial charge in [0.2, 0.25) is 0 Å². The summed E-state index contributed by atoms with van der Waals surface area (Å²) in [6.07, 6.45) is 7.40. The normalized spacial score (nSPS) is 28.0. The van der Waals surface area contributed by atoms with Gasteiger partial charge in [-0.05, 0) is 12.8 Å². The number of rotatable bonds is 2. The predicted molar refractivity (Wildman–Crippen MR) is 53.8 cm³/mol. The van der Waals surface area contributed by atoms with Crippen LogP contribution in [0.5, 0.6) is 0 Å². The molecule has 74 valence electrons. The topological polar surface area (TPSA) is 12.5 Å². The lowest BCUT2D eigenvalue weighted by atomic mass is 9.95. The zero-order valence-corrected chi connectivity index (χ0v) is 8.30. The number of ether oxygens (including phenoxy) is 1. The molecule has 0 unspecified atom stereocenters. The van der Waals surface area contributed by atoms with E-state index < -0.39 is 0 Å². The Balaban J connectivity index is 2.06. The number of nitrogens with zero attached hydrogens (tertiary/aromatic N) is 1. The molecule has 1 saturated heterocycles. The average molecular weight is 181 g/mol. The van der Waals surface area contributed by atoms with Gasteiger partial charge in [-0.15, -0.1) is 6.58 Å². The summed E-state index contributed by atoms with van der Waals surface area (Å²) < 4.78 is 5.61. The van der Waals surface area contributed by atoms with E-state index in [0.29, 0.717) is 5.54 Å². The Bertz CT molecular complexity index is 185. The molecule has 0 radical (unpaired) electrons. The maximum atomic E-state index is 5.61. The molecule has 0 aromatic carbocycles. The fourth-order valence-electron chi connectivity index (χ4n) is 2.70. The van der Waals surface area contributed by atoms with Crippen LogP contribution in [-0.2, 0) is 4.74 Å². The molecule has 1 aliphatic heterocycles. The summed E-state index contributed by atoms with van der Waals surface area (Å²) >= 11 is 0. The summed E-state index contributed by atoms with van der Waals surface area (Å²) in [7, 11) is 0. The first-order valence-electron chi connectivity index (χ1n) is 5.31. The SMILES string of the molecule is C=CCN1CCOCC12CCCC2. The predicted octanol–water partition coefficient (Wildman–Crippen LogP) is 1.82. The minimum absolute atomic E-state index is 0.381. The largest absolute Gasteiger partial charge is 0.378 e. The van der Waals surface area contributed by atoms with Crippen LogP contribution in [0.4, 0.5) is 0 Å². The highest BCUT2D eigenvalue weighted by Gasteiger charge is 2.41. The van der Waals surface area contributed by atoms with Crippen molar-refractivity contribution >= 4 is 0 Å². The summed E-state index contributed by atoms with van der Waals surface area (Å²) in [6.45, 7) is 7.79. The third-order valence-corrected chi connectivity index (χ3v) is 3.43. The van der Waals surface area contributed by atoms with Crippen molar-refractivity contribution < 1.29 is 4.74 Å². The van der Waals surface area contributed by atoms with E-state index in [-0.39, 0.29) is 0 Å². The van der Waals surface area contributed by atoms with Gasteiger partial charge in [0.1, 0.15) is 0 Å². The number of hydrogen-bond donors (Lipinski definition) is 0. The molecule has 0 bridgehead atoms. The van der Waals surface area contributed by atoms with Crippen LogP contribution in [0.2, 0.25) is 0 Å². The van der Waals surface area contributed by atoms with Gasteiger partial charge in [-0.2, -0.15) is 0 Å². The average Bonchev–Trinajstić information content (AvgIpc) is 2.59. The molecular formula is C11H19NO. The van der Waals surface area contributed by atoms with Gasteiger partial charge in [-0.1, -0.05) is 18.9 Å². The molecule has 1 heterocycles. The van der Waals surface area contributed by atoms with Gasteiger partial charge in [0.15, 0.2) is 0 Å². The second-order valence-electron chi connectivity index (χ2n) is 4.22. The Labute approximate surface area is 80.6 Å². The van der Waals surface area contributed by atoms with Crippen molar-refractivity contribution in [3.8, 4) is 0 Å². The molecule has 0 N–H and O–H groups in total. The second kappa shape index (κ2) is 3.81. The smallest absolute Gasteiger partial charge is 0.0651 e. The van der Waals surface area contributed by atoms with Gasteiger partial charge in [-0.3, -0.25) is 4.90 Å². The number of morpholine rings is 1. The second-order valence-corrected chi connectivity index (χ2v) is 4.22. The molecule has 2 heteroatoms. The highest BCUT2D eigenvalue weighted by atomic mass is 16.5. The van der Waals surface area contributed by atoms with E-state index in [4.69, 9.17) is 4.74 Å². The lowest BCUT2D eigenvalue weighted by molar-refractivity contribution is -0.0601. The Morgan fingerprint density at radius 2 is 2.15 bits per heavy atom. The van der Waals surface area contributed by atoms with Crippen molar-refractivity contribution in [1.82, 2.24) is 4.90 Å². The van der Waals surface area contributed by atoms with E-state index in [1.165, 1.54) is 25.7 Å². The van der Waals surface area contributed by atoms with Crippen molar-refractivity contribution in [1.29, 1.82) is 0 Å². The summed E-state index contributed by atoms with van der Waals surface area (Å²) in [4.78, 5) is 2.57. The van der Waals surface area contributed by atoms with Crippen molar-refractivity contribution in [3.05, 3.63) is 12.7 Å². The van der Waals surface area contributed by atoms with Crippen LogP contribution < -0.4 is 0 Å². The molecule has 0 atom stereocenters. The van der Waals surface area contributed by atoms with Crippen LogP contribution in [0, 0.1) is 0 Å². The van der Waals surface area contributed by atoms with Crippen LogP contribution in [0.15, 0.2) is 12.7 Å². The van der Waals surface area contributed by atoms with E-state index in [2.05, 4.69) is 11.5 Å². The first-order chi connectivity index (χ1) is 6.37. The van der Waals surface area contributed by atoms with Crippen molar-refractivity contribution in [2.24, 2.45) is 0 Å². The van der Waals surface area contributed by atoms with Gasteiger partial charge in [0, 0.05) is 18.6 Å². The minimum atomic E-state index is 0.381. The zero-order chi connectivity index (χ0) is 9.15. The quantitative estimate of drug-likeness (QED) is 0.602. The van der Waals surface area contributed by atoms with Gasteiger partial charge in [-0.25, -0.2) is 0 Å². The zero-order valence-electron chi connectivity index (χ0n) is 8.30. The van der Waals surface area contributed by atoms with Crippen LogP contribution >= 0.6 is 0 Å². The monoisotopic (exact) mass is 181 g/mol. The van der Waals surface area contributed by atoms with Crippen molar-refractivity contribution in [2.45, 2.75) is 31.2 Å². The van der Waals surface area contributed by atoms with Crippen LogP contribution in [0.3, 0.4) is 0 Å². The van der Waals surface area contributed by atoms with E-state index in [1.54, 1.807) is 0 Å². The molecular weight excluding hydrogens is 162 g/mol. The molecule has 1 saturated carbocycles. The maximum Gasteiger partial charge on any atom is 0.0651 e. The van der Waals surface area contributed by atoms with Gasteiger partial charge in [0.25, 0.3) is 0 Å². The molecule has 2 fully saturated rings. The molecule has 0 aromatic rings. The Hall–Kier alpha value is -0.340. The van der Waals surface area contributed by atoms with Crippen molar-refractivity contribution in [3.63, 3.8) is 0 Å². The summed E-state index contributed by atoms with van der Waals surface area (Å²) in [5.74, 6) is 0. The van der Waals surface area contributed by atoms with E-state index in [9.17, 15) is 0 Å². The van der Waals surface area contributed by atoms with Crippen LogP contribution in [0.1, 0.15) is 25.7 Å². The molecule has 13 heavy (non-hydrogen) atoms. The molecule has 2 nitrogen and oxygen atoms in total. The Kier molecular flexibility index (Phi) is 2.70. The molecule has 0 amide bonds. The summed E-state index contributed by atoms with van der Waals surface area (Å²) in [6, 6.07) is 0. The highest BCUT2D eigenvalue weighted by molar-refractivity contribution is 4.98. The van der Waals surface area contributed by atoms with Crippen LogP contribution in [0.25, 0.3) is 0 Å². The van der Waals surface area contributed by atoms with E-state index in [1.807, 2.05) is 6.08 Å². The van der Waals surface area contributed by atoms with Gasteiger partial charge >= 0.3 is 0 Å². The standard InChI is InChI=1S/C11H19NO/c1-2-7-12-8-9-13-10-11(12)5-3-4-6-11/h2H,1,3-10H2. The fraction of sp³-hybridized carbons (Fsp3) is 0.818. The summed E-state index contributed by atoms with van der Waals surface area (Å²) in [5.41, 5.74) is 0.381. The first-order valence-corrected chi connectivity index (χ1v) is 5.31. The molecule has 1 aliphatic carbocycles. The number of hydrogen-bond acceptors (Lipinski definition) is 2. The fourth-order valence-corrected chi connectivity index (χ4v) is 2.70. The molecule has 1 spiro atoms. The first kappa shape index (κ1) is 9.22. The Morgan fingerprint density at radius 1 is 1.38 bits per heavy atom. The minimum Gasteiger partial charge on any atom is -0.378 e. The maximum absolute atomic E-state index is 5.61. The summed E-state index contributed by atoms with van der Waals surface area (Å²) in [5, 5.41) is 0. The van der Waals surface area contributed by atoms with Gasteiger partial charge < -0.3 is 4.74 Å². The molecule has 0 aromatic heterocycles. The molecule has 2 aliphatic rings. The third-order valence-electron chi connectivity index (χ3n) is 3.43. The van der Waals surface area contributed by atoms with Crippen LogP contribution in [-0.4, -0.2) is 36.7 Å². The van der Waals surface area contributed by atoms with Gasteiger partial charge in [0.05, 0.1) is 13.2 Å². The van der Waals surface area contributed by atoms with Crippen molar-refractivity contribution in [2.75, 3.05) is 26.3 Å². The Morgan fingerprint density at radius 3 is 2.85 bits per heavy atom. The van der Waals surface area contributed by atoms with E-state index in [0.717, 1.165) is 26.3 Å². The molecule has 2 rings (SSSR count). The third kappa shape index (κ3) is 1.65. The van der Waals surface area contributed by atoms with E-state index >= 15 is 0 Å².